The summed E-state index contributed by atoms with van der Waals surface area (Å²) in [5.41, 5.74) is 4.31. The smallest absolute Gasteiger partial charge is 0.329 e. The van der Waals surface area contributed by atoms with E-state index in [0.29, 0.717) is 33.6 Å². The zero-order valence-corrected chi connectivity index (χ0v) is 19.5. The fraction of sp³-hybridized carbons (Fsp3) is 0.160. The number of nitrogens with zero attached hydrogens (tertiary/aromatic N) is 1. The van der Waals surface area contributed by atoms with E-state index in [1.807, 2.05) is 18.2 Å². The summed E-state index contributed by atoms with van der Waals surface area (Å²) in [6, 6.07) is 17.8. The van der Waals surface area contributed by atoms with Gasteiger partial charge in [0.2, 0.25) is 6.79 Å². The van der Waals surface area contributed by atoms with Crippen LogP contribution < -0.4 is 29.7 Å². The normalized spacial score (nSPS) is 11.8. The zero-order chi connectivity index (χ0) is 24.6. The Balaban J connectivity index is 1.35. The molecule has 4 rings (SSSR count). The summed E-state index contributed by atoms with van der Waals surface area (Å²) in [6.45, 7) is 0.504. The van der Waals surface area contributed by atoms with Crippen LogP contribution in [0.15, 0.2) is 65.8 Å². The molecule has 0 radical (unpaired) electrons. The van der Waals surface area contributed by atoms with E-state index in [9.17, 15) is 9.59 Å². The van der Waals surface area contributed by atoms with Gasteiger partial charge in [-0.3, -0.25) is 9.59 Å². The second-order valence-corrected chi connectivity index (χ2v) is 7.74. The Labute approximate surface area is 206 Å². The lowest BCUT2D eigenvalue weighted by Gasteiger charge is -2.13. The SMILES string of the molecule is COc1cccc(/C=N\NC(=O)C(=O)NCc2ccc3c(c2)OCO3)c1OCc1ccccc1Cl. The number of para-hydroxylation sites is 1. The Bertz CT molecular complexity index is 1260. The molecule has 3 aromatic rings. The van der Waals surface area contributed by atoms with Crippen LogP contribution in [-0.2, 0) is 22.7 Å². The Hall–Kier alpha value is -4.24. The fourth-order valence-electron chi connectivity index (χ4n) is 3.24. The predicted molar refractivity (Wildman–Crippen MR) is 129 cm³/mol. The standard InChI is InChI=1S/C25H22ClN3O6/c1-32-21-8-4-6-17(23(21)33-14-18-5-2-3-7-19(18)26)13-28-29-25(31)24(30)27-12-16-9-10-20-22(11-16)35-15-34-20/h2-11,13H,12,14-15H2,1H3,(H,27,30)(H,29,31)/b28-13-. The number of carbonyl (C=O) groups excluding carboxylic acids is 2. The van der Waals surface area contributed by atoms with Crippen LogP contribution in [-0.4, -0.2) is 31.9 Å². The van der Waals surface area contributed by atoms with Crippen LogP contribution in [0.25, 0.3) is 0 Å². The molecule has 0 unspecified atom stereocenters. The van der Waals surface area contributed by atoms with Gasteiger partial charge in [-0.15, -0.1) is 0 Å². The van der Waals surface area contributed by atoms with Crippen LogP contribution in [0, 0.1) is 0 Å². The highest BCUT2D eigenvalue weighted by Crippen LogP contribution is 2.33. The van der Waals surface area contributed by atoms with Gasteiger partial charge < -0.3 is 24.3 Å². The molecule has 9 nitrogen and oxygen atoms in total. The van der Waals surface area contributed by atoms with Gasteiger partial charge in [0.25, 0.3) is 0 Å². The first-order valence-corrected chi connectivity index (χ1v) is 11.0. The fourth-order valence-corrected chi connectivity index (χ4v) is 3.43. The second-order valence-electron chi connectivity index (χ2n) is 7.33. The number of fused-ring (bicyclic) bond motifs is 1. The maximum absolute atomic E-state index is 12.1. The number of benzene rings is 3. The summed E-state index contributed by atoms with van der Waals surface area (Å²) in [5.74, 6) is 0.384. The van der Waals surface area contributed by atoms with Crippen molar-refractivity contribution in [3.63, 3.8) is 0 Å². The van der Waals surface area contributed by atoms with Crippen molar-refractivity contribution in [2.75, 3.05) is 13.9 Å². The minimum atomic E-state index is -0.913. The van der Waals surface area contributed by atoms with Crippen molar-refractivity contribution in [2.24, 2.45) is 5.10 Å². The van der Waals surface area contributed by atoms with Crippen molar-refractivity contribution in [1.82, 2.24) is 10.7 Å². The minimum Gasteiger partial charge on any atom is -0.493 e. The number of hydrogen-bond donors (Lipinski definition) is 2. The predicted octanol–water partition coefficient (Wildman–Crippen LogP) is 3.42. The second kappa shape index (κ2) is 11.3. The third-order valence-corrected chi connectivity index (χ3v) is 5.39. The molecule has 180 valence electrons. The number of amides is 2. The van der Waals surface area contributed by atoms with Crippen molar-refractivity contribution >= 4 is 29.6 Å². The molecule has 0 aromatic heterocycles. The van der Waals surface area contributed by atoms with E-state index >= 15 is 0 Å². The van der Waals surface area contributed by atoms with Crippen LogP contribution >= 0.6 is 11.6 Å². The quantitative estimate of drug-likeness (QED) is 0.282. The summed E-state index contributed by atoms with van der Waals surface area (Å²) in [5, 5.41) is 7.00. The average molecular weight is 496 g/mol. The van der Waals surface area contributed by atoms with E-state index in [4.69, 9.17) is 30.5 Å². The number of hydrazone groups is 1. The Morgan fingerprint density at radius 1 is 1.06 bits per heavy atom. The Kier molecular flexibility index (Phi) is 7.69. The van der Waals surface area contributed by atoms with E-state index in [1.165, 1.54) is 13.3 Å². The van der Waals surface area contributed by atoms with Crippen LogP contribution in [0.5, 0.6) is 23.0 Å². The number of hydrogen-bond acceptors (Lipinski definition) is 7. The molecule has 0 fully saturated rings. The molecule has 0 saturated heterocycles. The molecule has 1 aliphatic rings. The van der Waals surface area contributed by atoms with Crippen LogP contribution in [0.3, 0.4) is 0 Å². The van der Waals surface area contributed by atoms with E-state index < -0.39 is 11.8 Å². The van der Waals surface area contributed by atoms with Crippen LogP contribution in [0.1, 0.15) is 16.7 Å². The molecule has 0 saturated carbocycles. The van der Waals surface area contributed by atoms with Gasteiger partial charge >= 0.3 is 11.8 Å². The molecular formula is C25H22ClN3O6. The molecule has 0 spiro atoms. The highest BCUT2D eigenvalue weighted by atomic mass is 35.5. The highest BCUT2D eigenvalue weighted by molar-refractivity contribution is 6.35. The number of ether oxygens (including phenoxy) is 4. The van der Waals surface area contributed by atoms with Crippen molar-refractivity contribution in [3.8, 4) is 23.0 Å². The summed E-state index contributed by atoms with van der Waals surface area (Å²) < 4.78 is 21.9. The van der Waals surface area contributed by atoms with E-state index in [-0.39, 0.29) is 19.9 Å². The van der Waals surface area contributed by atoms with Crippen LogP contribution in [0.4, 0.5) is 0 Å². The van der Waals surface area contributed by atoms with E-state index in [0.717, 1.165) is 11.1 Å². The lowest BCUT2D eigenvalue weighted by Crippen LogP contribution is -2.37. The maximum atomic E-state index is 12.1. The maximum Gasteiger partial charge on any atom is 0.329 e. The summed E-state index contributed by atoms with van der Waals surface area (Å²) in [7, 11) is 1.52. The molecule has 35 heavy (non-hydrogen) atoms. The van der Waals surface area contributed by atoms with Gasteiger partial charge in [-0.2, -0.15) is 5.10 Å². The average Bonchev–Trinajstić information content (AvgIpc) is 3.35. The van der Waals surface area contributed by atoms with E-state index in [2.05, 4.69) is 15.8 Å². The largest absolute Gasteiger partial charge is 0.493 e. The van der Waals surface area contributed by atoms with Crippen molar-refractivity contribution in [3.05, 3.63) is 82.4 Å². The summed E-state index contributed by atoms with van der Waals surface area (Å²) in [6.07, 6.45) is 1.37. The lowest BCUT2D eigenvalue weighted by atomic mass is 10.2. The molecule has 10 heteroatoms. The number of carbonyl (C=O) groups is 2. The van der Waals surface area contributed by atoms with Crippen LogP contribution in [0.2, 0.25) is 5.02 Å². The van der Waals surface area contributed by atoms with Gasteiger partial charge in [0.05, 0.1) is 13.3 Å². The number of nitrogens with one attached hydrogen (secondary N) is 2. The molecule has 2 amide bonds. The third-order valence-electron chi connectivity index (χ3n) is 5.03. The summed E-state index contributed by atoms with van der Waals surface area (Å²) >= 11 is 6.21. The molecule has 2 N–H and O–H groups in total. The Morgan fingerprint density at radius 3 is 2.71 bits per heavy atom. The number of methoxy groups -OCH3 is 1. The molecule has 3 aromatic carbocycles. The highest BCUT2D eigenvalue weighted by Gasteiger charge is 2.16. The monoisotopic (exact) mass is 495 g/mol. The number of rotatable bonds is 8. The van der Waals surface area contributed by atoms with Gasteiger partial charge in [0, 0.05) is 22.7 Å². The van der Waals surface area contributed by atoms with Gasteiger partial charge in [-0.25, -0.2) is 5.43 Å². The van der Waals surface area contributed by atoms with Crippen molar-refractivity contribution in [1.29, 1.82) is 0 Å². The van der Waals surface area contributed by atoms with Gasteiger partial charge in [0.15, 0.2) is 23.0 Å². The van der Waals surface area contributed by atoms with Gasteiger partial charge in [0.1, 0.15) is 6.61 Å². The lowest BCUT2D eigenvalue weighted by molar-refractivity contribution is -0.139. The minimum absolute atomic E-state index is 0.141. The van der Waals surface area contributed by atoms with Gasteiger partial charge in [-0.05, 0) is 35.9 Å². The topological polar surface area (TPSA) is 107 Å². The molecule has 1 aliphatic heterocycles. The Morgan fingerprint density at radius 2 is 1.89 bits per heavy atom. The third kappa shape index (κ3) is 6.01. The zero-order valence-electron chi connectivity index (χ0n) is 18.7. The first-order chi connectivity index (χ1) is 17.0. The van der Waals surface area contributed by atoms with Gasteiger partial charge in [-0.1, -0.05) is 41.9 Å². The molecule has 0 aliphatic carbocycles. The van der Waals surface area contributed by atoms with Crippen molar-refractivity contribution < 1.29 is 28.5 Å². The number of halogens is 1. The molecular weight excluding hydrogens is 474 g/mol. The first-order valence-electron chi connectivity index (χ1n) is 10.6. The van der Waals surface area contributed by atoms with E-state index in [1.54, 1.807) is 42.5 Å². The van der Waals surface area contributed by atoms with Crippen molar-refractivity contribution in [2.45, 2.75) is 13.2 Å². The first kappa shape index (κ1) is 23.9. The molecule has 0 bridgehead atoms. The molecule has 1 heterocycles. The summed E-state index contributed by atoms with van der Waals surface area (Å²) in [4.78, 5) is 24.3. The molecule has 0 atom stereocenters.